The van der Waals surface area contributed by atoms with Gasteiger partial charge < -0.3 is 9.47 Å². The summed E-state index contributed by atoms with van der Waals surface area (Å²) in [6.45, 7) is 6.59. The molecule has 0 aliphatic heterocycles. The first-order valence-electron chi connectivity index (χ1n) is 5.69. The van der Waals surface area contributed by atoms with Crippen molar-refractivity contribution in [3.05, 3.63) is 0 Å². The van der Waals surface area contributed by atoms with Gasteiger partial charge in [-0.05, 0) is 18.3 Å². The van der Waals surface area contributed by atoms with Gasteiger partial charge in [-0.3, -0.25) is 4.79 Å². The van der Waals surface area contributed by atoms with Gasteiger partial charge in [0, 0.05) is 19.4 Å². The quantitative estimate of drug-likeness (QED) is 0.534. The molecule has 0 aromatic rings. The van der Waals surface area contributed by atoms with Gasteiger partial charge in [-0.2, -0.15) is 0 Å². The molecule has 0 heterocycles. The van der Waals surface area contributed by atoms with Crippen LogP contribution in [0.2, 0.25) is 0 Å². The lowest BCUT2D eigenvalue weighted by Gasteiger charge is -2.26. The van der Waals surface area contributed by atoms with Crippen molar-refractivity contribution in [2.24, 2.45) is 17.8 Å². The van der Waals surface area contributed by atoms with Crippen LogP contribution in [0.1, 0.15) is 33.6 Å². The minimum Gasteiger partial charge on any atom is -0.359 e. The Kier molecular flexibility index (Phi) is 4.74. The fourth-order valence-electron chi connectivity index (χ4n) is 2.49. The third kappa shape index (κ3) is 3.28. The molecule has 0 aromatic heterocycles. The van der Waals surface area contributed by atoms with Gasteiger partial charge in [-0.25, -0.2) is 0 Å². The lowest BCUT2D eigenvalue weighted by Crippen LogP contribution is -2.28. The molecule has 1 rings (SSSR count). The van der Waals surface area contributed by atoms with Crippen LogP contribution in [-0.4, -0.2) is 25.8 Å². The molecule has 15 heavy (non-hydrogen) atoms. The smallest absolute Gasteiger partial charge is 0.146 e. The number of hydrogen-bond acceptors (Lipinski definition) is 3. The highest BCUT2D eigenvalue weighted by Crippen LogP contribution is 2.31. The lowest BCUT2D eigenvalue weighted by atomic mass is 9.91. The molecule has 3 heteroatoms. The van der Waals surface area contributed by atoms with E-state index >= 15 is 0 Å². The summed E-state index contributed by atoms with van der Waals surface area (Å²) in [7, 11) is 1.62. The summed E-state index contributed by atoms with van der Waals surface area (Å²) < 4.78 is 10.6. The maximum Gasteiger partial charge on any atom is 0.146 e. The molecule has 88 valence electrons. The molecule has 0 spiro atoms. The second-order valence-electron chi connectivity index (χ2n) is 4.80. The Bertz CT molecular complexity index is 215. The highest BCUT2D eigenvalue weighted by molar-refractivity contribution is 5.81. The number of carbonyl (C=O) groups is 1. The molecule has 1 aliphatic rings. The number of ketones is 1. The van der Waals surface area contributed by atoms with Crippen LogP contribution in [0.25, 0.3) is 0 Å². The van der Waals surface area contributed by atoms with E-state index in [0.717, 1.165) is 6.42 Å². The Balaban J connectivity index is 2.63. The van der Waals surface area contributed by atoms with Crippen LogP contribution in [0.4, 0.5) is 0 Å². The van der Waals surface area contributed by atoms with Crippen molar-refractivity contribution in [1.29, 1.82) is 0 Å². The molecule has 0 saturated heterocycles. The molecule has 0 N–H and O–H groups in total. The fourth-order valence-corrected chi connectivity index (χ4v) is 2.49. The van der Waals surface area contributed by atoms with Crippen molar-refractivity contribution >= 4 is 5.78 Å². The molecule has 0 radical (unpaired) electrons. The second kappa shape index (κ2) is 5.61. The van der Waals surface area contributed by atoms with Crippen molar-refractivity contribution in [1.82, 2.24) is 0 Å². The molecule has 1 aliphatic carbocycles. The van der Waals surface area contributed by atoms with Gasteiger partial charge in [0.1, 0.15) is 12.6 Å². The topological polar surface area (TPSA) is 35.5 Å². The summed E-state index contributed by atoms with van der Waals surface area (Å²) >= 11 is 0. The first-order valence-corrected chi connectivity index (χ1v) is 5.69. The molecule has 0 unspecified atom stereocenters. The zero-order valence-corrected chi connectivity index (χ0v) is 10.2. The van der Waals surface area contributed by atoms with E-state index in [0.29, 0.717) is 30.8 Å². The SMILES string of the molecule is COCO[C@@H]1[C@@H](C)CC(=O)[C@H](C)C[C@@H]1C. The number of methoxy groups -OCH3 is 1. The normalized spacial score (nSPS) is 37.7. The fraction of sp³-hybridized carbons (Fsp3) is 0.917. The predicted molar refractivity (Wildman–Crippen MR) is 58.5 cm³/mol. The van der Waals surface area contributed by atoms with Gasteiger partial charge >= 0.3 is 0 Å². The Morgan fingerprint density at radius 3 is 2.53 bits per heavy atom. The van der Waals surface area contributed by atoms with E-state index in [4.69, 9.17) is 9.47 Å². The van der Waals surface area contributed by atoms with Crippen LogP contribution < -0.4 is 0 Å². The van der Waals surface area contributed by atoms with Crippen LogP contribution in [0.15, 0.2) is 0 Å². The monoisotopic (exact) mass is 214 g/mol. The van der Waals surface area contributed by atoms with Crippen molar-refractivity contribution in [3.63, 3.8) is 0 Å². The zero-order chi connectivity index (χ0) is 11.4. The molecule has 1 saturated carbocycles. The second-order valence-corrected chi connectivity index (χ2v) is 4.80. The average Bonchev–Trinajstić information content (AvgIpc) is 2.25. The predicted octanol–water partition coefficient (Wildman–Crippen LogP) is 2.25. The summed E-state index contributed by atoms with van der Waals surface area (Å²) in [5.41, 5.74) is 0. The maximum absolute atomic E-state index is 11.7. The van der Waals surface area contributed by atoms with Gasteiger partial charge in [-0.1, -0.05) is 20.8 Å². The van der Waals surface area contributed by atoms with E-state index in [-0.39, 0.29) is 12.0 Å². The summed E-state index contributed by atoms with van der Waals surface area (Å²) in [6.07, 6.45) is 1.72. The Morgan fingerprint density at radius 1 is 1.27 bits per heavy atom. The highest BCUT2D eigenvalue weighted by atomic mass is 16.7. The van der Waals surface area contributed by atoms with Crippen LogP contribution in [0.5, 0.6) is 0 Å². The van der Waals surface area contributed by atoms with E-state index in [9.17, 15) is 4.79 Å². The van der Waals surface area contributed by atoms with E-state index in [1.54, 1.807) is 7.11 Å². The van der Waals surface area contributed by atoms with Crippen LogP contribution in [-0.2, 0) is 14.3 Å². The van der Waals surface area contributed by atoms with Crippen LogP contribution in [0, 0.1) is 17.8 Å². The maximum atomic E-state index is 11.7. The van der Waals surface area contributed by atoms with E-state index in [2.05, 4.69) is 13.8 Å². The minimum absolute atomic E-state index is 0.152. The molecule has 0 bridgehead atoms. The van der Waals surface area contributed by atoms with Crippen LogP contribution >= 0.6 is 0 Å². The molecule has 1 fully saturated rings. The standard InChI is InChI=1S/C12H22O3/c1-8-5-9(2)12(15-7-14-4)10(3)6-11(8)13/h8-10,12H,5-7H2,1-4H3/t8-,9+,10+,12+/m1/s1. The molecule has 3 nitrogen and oxygen atoms in total. The Morgan fingerprint density at radius 2 is 1.93 bits per heavy atom. The van der Waals surface area contributed by atoms with Crippen LogP contribution in [0.3, 0.4) is 0 Å². The summed E-state index contributed by atoms with van der Waals surface area (Å²) in [5.74, 6) is 1.28. The van der Waals surface area contributed by atoms with Gasteiger partial charge in [0.25, 0.3) is 0 Å². The minimum atomic E-state index is 0.152. The Hall–Kier alpha value is -0.410. The molecule has 0 aromatic carbocycles. The van der Waals surface area contributed by atoms with Gasteiger partial charge in [0.15, 0.2) is 0 Å². The highest BCUT2D eigenvalue weighted by Gasteiger charge is 2.33. The zero-order valence-electron chi connectivity index (χ0n) is 10.2. The lowest BCUT2D eigenvalue weighted by molar-refractivity contribution is -0.124. The number of Topliss-reactive ketones (excluding diaryl/α,β-unsaturated/α-hetero) is 1. The Labute approximate surface area is 92.1 Å². The number of ether oxygens (including phenoxy) is 2. The van der Waals surface area contributed by atoms with Crippen molar-refractivity contribution in [2.45, 2.75) is 39.7 Å². The number of carbonyl (C=O) groups excluding carboxylic acids is 1. The van der Waals surface area contributed by atoms with Gasteiger partial charge in [0.2, 0.25) is 0 Å². The van der Waals surface area contributed by atoms with E-state index < -0.39 is 0 Å². The molecule has 0 amide bonds. The van der Waals surface area contributed by atoms with E-state index in [1.807, 2.05) is 6.92 Å². The molecular formula is C12H22O3. The summed E-state index contributed by atoms with van der Waals surface area (Å²) in [5, 5.41) is 0. The van der Waals surface area contributed by atoms with Crippen molar-refractivity contribution in [3.8, 4) is 0 Å². The summed E-state index contributed by atoms with van der Waals surface area (Å²) in [4.78, 5) is 11.7. The number of rotatable bonds is 3. The van der Waals surface area contributed by atoms with Crippen molar-refractivity contribution in [2.75, 3.05) is 13.9 Å². The number of hydrogen-bond donors (Lipinski definition) is 0. The van der Waals surface area contributed by atoms with Gasteiger partial charge in [-0.15, -0.1) is 0 Å². The first-order chi connectivity index (χ1) is 7.06. The third-order valence-corrected chi connectivity index (χ3v) is 3.30. The largest absolute Gasteiger partial charge is 0.359 e. The first kappa shape index (κ1) is 12.7. The summed E-state index contributed by atoms with van der Waals surface area (Å²) in [6, 6.07) is 0. The third-order valence-electron chi connectivity index (χ3n) is 3.30. The molecular weight excluding hydrogens is 192 g/mol. The van der Waals surface area contributed by atoms with Crippen molar-refractivity contribution < 1.29 is 14.3 Å². The van der Waals surface area contributed by atoms with E-state index in [1.165, 1.54) is 0 Å². The molecule has 4 atom stereocenters. The van der Waals surface area contributed by atoms with Gasteiger partial charge in [0.05, 0.1) is 6.10 Å². The average molecular weight is 214 g/mol.